The van der Waals surface area contributed by atoms with Crippen LogP contribution < -0.4 is 15.2 Å². The smallest absolute Gasteiger partial charge is 0.257 e. The van der Waals surface area contributed by atoms with Crippen molar-refractivity contribution >= 4 is 10.7 Å². The largest absolute Gasteiger partial charge is 0.491 e. The predicted octanol–water partition coefficient (Wildman–Crippen LogP) is 0.490. The number of ether oxygens (including phenoxy) is 2. The predicted molar refractivity (Wildman–Crippen MR) is 68.7 cm³/mol. The third kappa shape index (κ3) is 4.15. The summed E-state index contributed by atoms with van der Waals surface area (Å²) >= 11 is 0. The van der Waals surface area contributed by atoms with Crippen LogP contribution in [0.15, 0.2) is 12.1 Å². The van der Waals surface area contributed by atoms with Crippen LogP contribution in [0.2, 0.25) is 0 Å². The number of hydrogen-bond acceptors (Lipinski definition) is 6. The average Bonchev–Trinajstić information content (AvgIpc) is 2.36. The summed E-state index contributed by atoms with van der Waals surface area (Å²) in [6.07, 6.45) is 0.337. The lowest BCUT2D eigenvalue weighted by Gasteiger charge is -2.13. The van der Waals surface area contributed by atoms with Gasteiger partial charge in [0.1, 0.15) is 10.7 Å². The van der Waals surface area contributed by atoms with Crippen LogP contribution in [0.3, 0.4) is 0 Å². The fourth-order valence-electron chi connectivity index (χ4n) is 1.44. The van der Waals surface area contributed by atoms with Gasteiger partial charge in [-0.3, -0.25) is 0 Å². The summed E-state index contributed by atoms with van der Waals surface area (Å²) in [5.74, 6) is 0.955. The molecular weight excluding hydrogens is 256 g/mol. The Morgan fingerprint density at radius 3 is 2.72 bits per heavy atom. The molecule has 0 aliphatic rings. The topological polar surface area (TPSA) is 91.5 Å². The second-order valence-corrected chi connectivity index (χ2v) is 4.74. The van der Waals surface area contributed by atoms with Gasteiger partial charge < -0.3 is 15.2 Å². The van der Waals surface area contributed by atoms with Crippen molar-refractivity contribution in [3.8, 4) is 11.6 Å². The zero-order chi connectivity index (χ0) is 13.5. The number of methoxy groups -OCH3 is 1. The molecule has 0 amide bonds. The molecule has 0 aliphatic carbocycles. The van der Waals surface area contributed by atoms with Crippen LogP contribution in [-0.4, -0.2) is 32.9 Å². The van der Waals surface area contributed by atoms with E-state index < -0.39 is 16.7 Å². The highest BCUT2D eigenvalue weighted by Gasteiger charge is 2.12. The lowest BCUT2D eigenvalue weighted by atomic mass is 10.1. The first-order chi connectivity index (χ1) is 8.58. The zero-order valence-corrected chi connectivity index (χ0v) is 11.4. The lowest BCUT2D eigenvalue weighted by molar-refractivity contribution is 0.296. The van der Waals surface area contributed by atoms with Gasteiger partial charge in [-0.25, -0.2) is 13.4 Å². The summed E-state index contributed by atoms with van der Waals surface area (Å²) in [6.45, 7) is 2.31. The van der Waals surface area contributed by atoms with Gasteiger partial charge in [0.05, 0.1) is 19.4 Å². The van der Waals surface area contributed by atoms with Crippen LogP contribution >= 0.6 is 0 Å². The van der Waals surface area contributed by atoms with E-state index in [1.807, 2.05) is 6.92 Å². The van der Waals surface area contributed by atoms with Crippen LogP contribution in [0, 0.1) is 0 Å². The van der Waals surface area contributed by atoms with Gasteiger partial charge in [0.2, 0.25) is 0 Å². The van der Waals surface area contributed by atoms with E-state index in [2.05, 4.69) is 4.98 Å². The maximum atomic E-state index is 10.5. The molecular formula is C11H18N2O4S. The number of nitrogens with zero attached hydrogens (tertiary/aromatic N) is 1. The van der Waals surface area contributed by atoms with Crippen LogP contribution in [0.1, 0.15) is 25.1 Å². The van der Waals surface area contributed by atoms with Crippen molar-refractivity contribution in [2.75, 3.05) is 19.5 Å². The van der Waals surface area contributed by atoms with Gasteiger partial charge in [0.25, 0.3) is 5.88 Å². The van der Waals surface area contributed by atoms with E-state index in [0.717, 1.165) is 0 Å². The molecule has 0 aliphatic heterocycles. The molecule has 0 fully saturated rings. The van der Waals surface area contributed by atoms with E-state index >= 15 is 0 Å². The fourth-order valence-corrected chi connectivity index (χ4v) is 1.93. The minimum atomic E-state index is -2.41. The van der Waals surface area contributed by atoms with E-state index in [9.17, 15) is 8.42 Å². The molecule has 2 N–H and O–H groups in total. The van der Waals surface area contributed by atoms with Crippen LogP contribution in [0.4, 0.5) is 0 Å². The van der Waals surface area contributed by atoms with Crippen molar-refractivity contribution in [1.82, 2.24) is 4.98 Å². The Balaban J connectivity index is 2.85. The molecule has 1 aromatic rings. The molecule has 0 bridgehead atoms. The normalized spacial score (nSPS) is 12.4. The zero-order valence-electron chi connectivity index (χ0n) is 10.5. The fraction of sp³-hybridized carbons (Fsp3) is 0.545. The molecule has 1 aromatic heterocycles. The van der Waals surface area contributed by atoms with Crippen molar-refractivity contribution in [3.63, 3.8) is 0 Å². The SMILES string of the molecule is CCOc1nc([C@H](N)CC[SH](=O)=O)ccc1OC. The summed E-state index contributed by atoms with van der Waals surface area (Å²) in [5.41, 5.74) is 6.47. The highest BCUT2D eigenvalue weighted by Crippen LogP contribution is 2.26. The molecule has 0 spiro atoms. The van der Waals surface area contributed by atoms with Crippen molar-refractivity contribution in [2.24, 2.45) is 5.73 Å². The minimum absolute atomic E-state index is 0.0498. The molecule has 6 nitrogen and oxygen atoms in total. The Morgan fingerprint density at radius 1 is 1.44 bits per heavy atom. The number of aromatic nitrogens is 1. The molecule has 0 unspecified atom stereocenters. The van der Waals surface area contributed by atoms with Gasteiger partial charge in [0, 0.05) is 11.8 Å². The molecule has 0 radical (unpaired) electrons. The number of rotatable bonds is 7. The summed E-state index contributed by atoms with van der Waals surface area (Å²) in [5, 5.41) is 0. The monoisotopic (exact) mass is 274 g/mol. The molecule has 102 valence electrons. The third-order valence-corrected chi connectivity index (χ3v) is 2.97. The van der Waals surface area contributed by atoms with E-state index in [1.165, 1.54) is 7.11 Å². The Labute approximate surface area is 108 Å². The van der Waals surface area contributed by atoms with Crippen molar-refractivity contribution < 1.29 is 17.9 Å². The number of thiol groups is 1. The van der Waals surface area contributed by atoms with Crippen molar-refractivity contribution in [3.05, 3.63) is 17.8 Å². The highest BCUT2D eigenvalue weighted by molar-refractivity contribution is 7.72. The Hall–Kier alpha value is -1.34. The van der Waals surface area contributed by atoms with Crippen molar-refractivity contribution in [1.29, 1.82) is 0 Å². The van der Waals surface area contributed by atoms with E-state index in [0.29, 0.717) is 30.4 Å². The summed E-state index contributed by atoms with van der Waals surface area (Å²) in [7, 11) is -0.882. The van der Waals surface area contributed by atoms with Gasteiger partial charge in [-0.2, -0.15) is 0 Å². The van der Waals surface area contributed by atoms with Gasteiger partial charge in [0.15, 0.2) is 5.75 Å². The maximum Gasteiger partial charge on any atom is 0.257 e. The second-order valence-electron chi connectivity index (χ2n) is 3.63. The average molecular weight is 274 g/mol. The van der Waals surface area contributed by atoms with Crippen LogP contribution in [0.5, 0.6) is 11.6 Å². The minimum Gasteiger partial charge on any atom is -0.491 e. The van der Waals surface area contributed by atoms with E-state index in [-0.39, 0.29) is 5.75 Å². The molecule has 1 heterocycles. The maximum absolute atomic E-state index is 10.5. The molecule has 0 aromatic carbocycles. The Kier molecular flexibility index (Phi) is 5.87. The highest BCUT2D eigenvalue weighted by atomic mass is 32.2. The molecule has 1 rings (SSSR count). The van der Waals surface area contributed by atoms with Crippen LogP contribution in [0.25, 0.3) is 0 Å². The first kappa shape index (κ1) is 14.7. The van der Waals surface area contributed by atoms with Gasteiger partial charge in [-0.1, -0.05) is 0 Å². The van der Waals surface area contributed by atoms with Gasteiger partial charge in [-0.05, 0) is 25.5 Å². The summed E-state index contributed by atoms with van der Waals surface area (Å²) in [6, 6.07) is 3.00. The number of pyridine rings is 1. The molecule has 0 saturated carbocycles. The van der Waals surface area contributed by atoms with E-state index in [1.54, 1.807) is 12.1 Å². The molecule has 1 atom stereocenters. The molecule has 18 heavy (non-hydrogen) atoms. The Morgan fingerprint density at radius 2 is 2.17 bits per heavy atom. The van der Waals surface area contributed by atoms with E-state index in [4.69, 9.17) is 15.2 Å². The number of hydrogen-bond donors (Lipinski definition) is 2. The Bertz CT molecular complexity index is 454. The van der Waals surface area contributed by atoms with Gasteiger partial charge in [-0.15, -0.1) is 0 Å². The first-order valence-electron chi connectivity index (χ1n) is 5.63. The van der Waals surface area contributed by atoms with Crippen LogP contribution in [-0.2, 0) is 10.7 Å². The summed E-state index contributed by atoms with van der Waals surface area (Å²) in [4.78, 5) is 4.24. The first-order valence-corrected chi connectivity index (χ1v) is 6.99. The second kappa shape index (κ2) is 7.17. The third-order valence-electron chi connectivity index (χ3n) is 2.35. The van der Waals surface area contributed by atoms with Gasteiger partial charge >= 0.3 is 0 Å². The molecule has 0 saturated heterocycles. The summed E-state index contributed by atoms with van der Waals surface area (Å²) < 4.78 is 31.5. The standard InChI is InChI=1S/C11H18N2O4S/c1-3-17-11-10(16-2)5-4-9(13-11)8(12)6-7-18(14)15/h4-5,8,18H,3,6-7,12H2,1-2H3/t8-/m1/s1. The lowest BCUT2D eigenvalue weighted by Crippen LogP contribution is -2.14. The quantitative estimate of drug-likeness (QED) is 0.703. The molecule has 7 heteroatoms. The van der Waals surface area contributed by atoms with Crippen molar-refractivity contribution in [2.45, 2.75) is 19.4 Å². The number of nitrogens with two attached hydrogens (primary N) is 1.